The van der Waals surface area contributed by atoms with Crippen molar-refractivity contribution in [2.24, 2.45) is 0 Å². The molecule has 2 nitrogen and oxygen atoms in total. The highest BCUT2D eigenvalue weighted by Crippen LogP contribution is 2.30. The van der Waals surface area contributed by atoms with Gasteiger partial charge in [0.05, 0.1) is 0 Å². The smallest absolute Gasteiger partial charge is 0.138 e. The minimum absolute atomic E-state index is 0.106. The summed E-state index contributed by atoms with van der Waals surface area (Å²) in [5, 5.41) is 19.1. The van der Waals surface area contributed by atoms with Crippen molar-refractivity contribution in [2.75, 3.05) is 0 Å². The lowest BCUT2D eigenvalue weighted by atomic mass is 9.91. The van der Waals surface area contributed by atoms with Gasteiger partial charge in [0.15, 0.2) is 0 Å². The van der Waals surface area contributed by atoms with Crippen molar-refractivity contribution in [3.05, 3.63) is 126 Å². The molecule has 2 heteroatoms. The van der Waals surface area contributed by atoms with Gasteiger partial charge in [-0.05, 0) is 33.4 Å². The number of nitriles is 2. The summed E-state index contributed by atoms with van der Waals surface area (Å²) in [5.74, 6) is 0. The number of hydrogen-bond donors (Lipinski definition) is 0. The molecular formula is C28H18N2. The second-order valence-corrected chi connectivity index (χ2v) is 6.86. The van der Waals surface area contributed by atoms with Gasteiger partial charge in [-0.25, -0.2) is 0 Å². The Morgan fingerprint density at radius 2 is 0.767 bits per heavy atom. The number of rotatable bonds is 4. The summed E-state index contributed by atoms with van der Waals surface area (Å²) in [6.45, 7) is 0. The monoisotopic (exact) mass is 382 g/mol. The maximum Gasteiger partial charge on any atom is 0.138 e. The van der Waals surface area contributed by atoms with Crippen LogP contribution in [0.15, 0.2) is 115 Å². The van der Waals surface area contributed by atoms with E-state index in [9.17, 15) is 10.5 Å². The summed E-state index contributed by atoms with van der Waals surface area (Å²) in [7, 11) is 0. The first-order valence-corrected chi connectivity index (χ1v) is 9.66. The third-order valence-corrected chi connectivity index (χ3v) is 5.04. The summed E-state index contributed by atoms with van der Waals surface area (Å²) in [4.78, 5) is 0. The number of benzene rings is 4. The second kappa shape index (κ2) is 8.74. The van der Waals surface area contributed by atoms with Gasteiger partial charge in [-0.1, -0.05) is 109 Å². The van der Waals surface area contributed by atoms with Gasteiger partial charge in [-0.2, -0.15) is 10.5 Å². The van der Waals surface area contributed by atoms with E-state index >= 15 is 0 Å². The Morgan fingerprint density at radius 1 is 0.433 bits per heavy atom. The first kappa shape index (κ1) is 18.9. The van der Waals surface area contributed by atoms with E-state index in [1.54, 1.807) is 0 Å². The third-order valence-electron chi connectivity index (χ3n) is 5.04. The molecule has 4 aromatic carbocycles. The van der Waals surface area contributed by atoms with Crippen LogP contribution in [-0.4, -0.2) is 0 Å². The zero-order valence-electron chi connectivity index (χ0n) is 16.3. The van der Waals surface area contributed by atoms with Crippen LogP contribution in [0.2, 0.25) is 0 Å². The van der Waals surface area contributed by atoms with Crippen LogP contribution in [0.5, 0.6) is 0 Å². The van der Waals surface area contributed by atoms with Crippen LogP contribution in [0.25, 0.3) is 27.8 Å². The zero-order valence-corrected chi connectivity index (χ0v) is 16.3. The standard InChI is InChI=1S/C28H18N2/c29-19-27(20-30)28(25-15-11-23(12-16-25)21-7-3-1-4-8-21)26-17-13-24(14-18-26)22-9-5-2-6-10-22/h1-18H. The second-order valence-electron chi connectivity index (χ2n) is 6.86. The molecule has 0 aliphatic rings. The van der Waals surface area contributed by atoms with Crippen molar-refractivity contribution < 1.29 is 0 Å². The summed E-state index contributed by atoms with van der Waals surface area (Å²) < 4.78 is 0. The van der Waals surface area contributed by atoms with E-state index in [2.05, 4.69) is 36.4 Å². The normalized spacial score (nSPS) is 9.93. The SMILES string of the molecule is N#CC(C#N)=C(c1ccc(-c2ccccc2)cc1)c1ccc(-c2ccccc2)cc1. The molecule has 0 N–H and O–H groups in total. The number of allylic oxidation sites excluding steroid dienone is 1. The summed E-state index contributed by atoms with van der Waals surface area (Å²) in [6.07, 6.45) is 0. The summed E-state index contributed by atoms with van der Waals surface area (Å²) in [5.41, 5.74) is 6.89. The molecule has 4 rings (SSSR count). The molecule has 140 valence electrons. The van der Waals surface area contributed by atoms with E-state index in [1.165, 1.54) is 0 Å². The molecule has 0 spiro atoms. The van der Waals surface area contributed by atoms with Gasteiger partial charge < -0.3 is 0 Å². The highest BCUT2D eigenvalue weighted by atomic mass is 14.3. The molecule has 0 heterocycles. The van der Waals surface area contributed by atoms with Crippen LogP contribution in [0, 0.1) is 22.7 Å². The molecule has 0 radical (unpaired) electrons. The Hall–Kier alpha value is -4.40. The fourth-order valence-electron chi connectivity index (χ4n) is 3.51. The zero-order chi connectivity index (χ0) is 20.8. The van der Waals surface area contributed by atoms with E-state index in [0.29, 0.717) is 5.57 Å². The molecule has 0 atom stereocenters. The van der Waals surface area contributed by atoms with E-state index in [1.807, 2.05) is 84.9 Å². The molecule has 0 fully saturated rings. The quantitative estimate of drug-likeness (QED) is 0.362. The largest absolute Gasteiger partial charge is 0.192 e. The molecule has 30 heavy (non-hydrogen) atoms. The maximum absolute atomic E-state index is 9.55. The Labute approximate surface area is 176 Å². The van der Waals surface area contributed by atoms with Crippen molar-refractivity contribution in [1.82, 2.24) is 0 Å². The maximum atomic E-state index is 9.55. The fraction of sp³-hybridized carbons (Fsp3) is 0. The lowest BCUT2D eigenvalue weighted by molar-refractivity contribution is 1.44. The first-order valence-electron chi connectivity index (χ1n) is 9.66. The average Bonchev–Trinajstić information content (AvgIpc) is 2.84. The van der Waals surface area contributed by atoms with Crippen molar-refractivity contribution in [2.45, 2.75) is 0 Å². The molecule has 0 bridgehead atoms. The van der Waals surface area contributed by atoms with Crippen molar-refractivity contribution in [1.29, 1.82) is 10.5 Å². The molecule has 0 saturated carbocycles. The van der Waals surface area contributed by atoms with Crippen LogP contribution in [-0.2, 0) is 0 Å². The predicted molar refractivity (Wildman–Crippen MR) is 121 cm³/mol. The lowest BCUT2D eigenvalue weighted by Crippen LogP contribution is -1.93. The summed E-state index contributed by atoms with van der Waals surface area (Å²) >= 11 is 0. The molecule has 0 unspecified atom stereocenters. The van der Waals surface area contributed by atoms with Crippen LogP contribution in [0.3, 0.4) is 0 Å². The highest BCUT2D eigenvalue weighted by Gasteiger charge is 2.13. The van der Waals surface area contributed by atoms with Gasteiger partial charge in [0.2, 0.25) is 0 Å². The third kappa shape index (κ3) is 3.90. The van der Waals surface area contributed by atoms with Crippen LogP contribution >= 0.6 is 0 Å². The Morgan fingerprint density at radius 3 is 1.10 bits per heavy atom. The van der Waals surface area contributed by atoms with E-state index in [0.717, 1.165) is 33.4 Å². The van der Waals surface area contributed by atoms with Gasteiger partial charge >= 0.3 is 0 Å². The van der Waals surface area contributed by atoms with Gasteiger partial charge in [0.1, 0.15) is 17.7 Å². The predicted octanol–water partition coefficient (Wildman–Crippen LogP) is 6.87. The van der Waals surface area contributed by atoms with Crippen LogP contribution < -0.4 is 0 Å². The molecule has 0 amide bonds. The fourth-order valence-corrected chi connectivity index (χ4v) is 3.51. The Kier molecular flexibility index (Phi) is 5.52. The molecule has 0 aliphatic carbocycles. The van der Waals surface area contributed by atoms with Crippen LogP contribution in [0.4, 0.5) is 0 Å². The Balaban J connectivity index is 1.74. The molecule has 0 aromatic heterocycles. The Bertz CT molecular complexity index is 1150. The molecule has 0 saturated heterocycles. The van der Waals surface area contributed by atoms with Gasteiger partial charge in [0, 0.05) is 5.57 Å². The lowest BCUT2D eigenvalue weighted by Gasteiger charge is -2.11. The van der Waals surface area contributed by atoms with Gasteiger partial charge in [-0.15, -0.1) is 0 Å². The van der Waals surface area contributed by atoms with E-state index < -0.39 is 0 Å². The van der Waals surface area contributed by atoms with Crippen molar-refractivity contribution in [3.8, 4) is 34.4 Å². The first-order chi connectivity index (χ1) is 14.8. The van der Waals surface area contributed by atoms with Crippen molar-refractivity contribution >= 4 is 5.57 Å². The minimum Gasteiger partial charge on any atom is -0.192 e. The minimum atomic E-state index is 0.106. The van der Waals surface area contributed by atoms with Crippen molar-refractivity contribution in [3.63, 3.8) is 0 Å². The topological polar surface area (TPSA) is 47.6 Å². The van der Waals surface area contributed by atoms with Gasteiger partial charge in [0.25, 0.3) is 0 Å². The van der Waals surface area contributed by atoms with Gasteiger partial charge in [-0.3, -0.25) is 0 Å². The van der Waals surface area contributed by atoms with E-state index in [-0.39, 0.29) is 5.57 Å². The molecule has 0 aliphatic heterocycles. The van der Waals surface area contributed by atoms with Crippen LogP contribution in [0.1, 0.15) is 11.1 Å². The molecule has 4 aromatic rings. The number of nitrogens with zero attached hydrogens (tertiary/aromatic N) is 2. The van der Waals surface area contributed by atoms with E-state index in [4.69, 9.17) is 0 Å². The highest BCUT2D eigenvalue weighted by molar-refractivity contribution is 5.87. The average molecular weight is 382 g/mol. The number of hydrogen-bond acceptors (Lipinski definition) is 2. The molecular weight excluding hydrogens is 364 g/mol. The summed E-state index contributed by atoms with van der Waals surface area (Å²) in [6, 6.07) is 40.3.